The number of esters is 1. The average Bonchev–Trinajstić information content (AvgIpc) is 3.18. The van der Waals surface area contributed by atoms with Gasteiger partial charge in [0.25, 0.3) is 5.56 Å². The maximum Gasteiger partial charge on any atom is 0.335 e. The second-order valence-electron chi connectivity index (χ2n) is 10.2. The summed E-state index contributed by atoms with van der Waals surface area (Å²) in [6.45, 7) is 5.37. The van der Waals surface area contributed by atoms with Gasteiger partial charge >= 0.3 is 5.97 Å². The van der Waals surface area contributed by atoms with Gasteiger partial charge in [0.05, 0.1) is 35.0 Å². The number of aromatic nitrogens is 3. The van der Waals surface area contributed by atoms with Crippen molar-refractivity contribution >= 4 is 38.2 Å². The molecule has 1 unspecified atom stereocenters. The zero-order valence-corrected chi connectivity index (χ0v) is 21.9. The molecular weight excluding hydrogens is 498 g/mol. The van der Waals surface area contributed by atoms with E-state index in [-0.39, 0.29) is 34.7 Å². The summed E-state index contributed by atoms with van der Waals surface area (Å²) in [5.74, 6) is -0.213. The third-order valence-electron chi connectivity index (χ3n) is 6.10. The fourth-order valence-electron chi connectivity index (χ4n) is 4.34. The van der Waals surface area contributed by atoms with Gasteiger partial charge in [-0.3, -0.25) is 9.48 Å². The van der Waals surface area contributed by atoms with Crippen molar-refractivity contribution in [2.75, 3.05) is 18.2 Å². The number of carbonyl (C=O) groups is 1. The van der Waals surface area contributed by atoms with Gasteiger partial charge in [0.2, 0.25) is 0 Å². The highest BCUT2D eigenvalue weighted by molar-refractivity contribution is 7.90. The van der Waals surface area contributed by atoms with Crippen molar-refractivity contribution in [2.45, 2.75) is 62.2 Å². The highest BCUT2D eigenvalue weighted by Gasteiger charge is 2.43. The lowest BCUT2D eigenvalue weighted by Gasteiger charge is -2.39. The largest absolute Gasteiger partial charge is 0.458 e. The van der Waals surface area contributed by atoms with Gasteiger partial charge in [0.15, 0.2) is 21.8 Å². The Hall–Kier alpha value is -3.69. The Morgan fingerprint density at radius 1 is 1.32 bits per heavy atom. The lowest BCUT2D eigenvalue weighted by molar-refractivity contribution is -0.176. The fraction of sp³-hybridized carbons (Fsp3) is 0.440. The van der Waals surface area contributed by atoms with Crippen LogP contribution in [0.25, 0.3) is 10.9 Å². The van der Waals surface area contributed by atoms with E-state index in [1.807, 2.05) is 0 Å². The minimum atomic E-state index is -3.36. The second kappa shape index (κ2) is 9.64. The zero-order chi connectivity index (χ0) is 27.0. The lowest BCUT2D eigenvalue weighted by atomic mass is 9.87. The van der Waals surface area contributed by atoms with Crippen molar-refractivity contribution in [3.05, 3.63) is 46.9 Å². The number of rotatable bonds is 6. The Balaban J connectivity index is 1.70. The SMILES string of the molecule is CC(C)(C)OC(=O)C1CC[C@@](CC#N)(n2nc(Nc3ccc(S(C)(=O)=O)cc3)c3c(=O)[nH]ccc32)CO1. The number of pyridine rings is 1. The predicted octanol–water partition coefficient (Wildman–Crippen LogP) is 3.00. The molecule has 1 fully saturated rings. The van der Waals surface area contributed by atoms with Gasteiger partial charge in [-0.05, 0) is 63.9 Å². The fourth-order valence-corrected chi connectivity index (χ4v) is 4.97. The molecule has 1 aliphatic heterocycles. The molecule has 37 heavy (non-hydrogen) atoms. The quantitative estimate of drug-likeness (QED) is 0.460. The van der Waals surface area contributed by atoms with Crippen molar-refractivity contribution in [1.29, 1.82) is 5.26 Å². The summed E-state index contributed by atoms with van der Waals surface area (Å²) in [5, 5.41) is 17.7. The summed E-state index contributed by atoms with van der Waals surface area (Å²) in [6.07, 6.45) is 2.62. The van der Waals surface area contributed by atoms with Gasteiger partial charge in [0, 0.05) is 18.1 Å². The minimum absolute atomic E-state index is 0.0244. The number of benzene rings is 1. The number of nitriles is 1. The minimum Gasteiger partial charge on any atom is -0.458 e. The second-order valence-corrected chi connectivity index (χ2v) is 12.2. The number of fused-ring (bicyclic) bond motifs is 1. The first-order chi connectivity index (χ1) is 17.3. The van der Waals surface area contributed by atoms with E-state index >= 15 is 0 Å². The van der Waals surface area contributed by atoms with Crippen LogP contribution >= 0.6 is 0 Å². The number of hydrogen-bond donors (Lipinski definition) is 2. The summed E-state index contributed by atoms with van der Waals surface area (Å²) in [7, 11) is -3.36. The number of hydrogen-bond acceptors (Lipinski definition) is 9. The van der Waals surface area contributed by atoms with Crippen molar-refractivity contribution in [3.8, 4) is 6.07 Å². The van der Waals surface area contributed by atoms with Crippen LogP contribution in [0.2, 0.25) is 0 Å². The van der Waals surface area contributed by atoms with E-state index in [1.54, 1.807) is 43.7 Å². The van der Waals surface area contributed by atoms with Crippen molar-refractivity contribution in [3.63, 3.8) is 0 Å². The molecule has 0 radical (unpaired) electrons. The number of anilines is 2. The molecule has 2 N–H and O–H groups in total. The van der Waals surface area contributed by atoms with Gasteiger partial charge in [-0.25, -0.2) is 13.2 Å². The van der Waals surface area contributed by atoms with E-state index in [2.05, 4.69) is 21.5 Å². The molecule has 1 aliphatic rings. The standard InChI is InChI=1S/C25H29N5O6S/c1-24(2,3)36-23(32)19-9-11-25(12-13-26,15-35-19)30-18-10-14-27-22(31)20(18)21(29-30)28-16-5-7-17(8-6-16)37(4,33)34/h5-8,10,14,19H,9,11-12,15H2,1-4H3,(H,27,31)(H,28,29)/t19?,25-/m0/s1. The van der Waals surface area contributed by atoms with Crippen molar-refractivity contribution in [1.82, 2.24) is 14.8 Å². The van der Waals surface area contributed by atoms with Crippen molar-refractivity contribution < 1.29 is 22.7 Å². The molecule has 2 atom stereocenters. The van der Waals surface area contributed by atoms with Crippen LogP contribution in [-0.2, 0) is 29.6 Å². The maximum absolute atomic E-state index is 12.8. The van der Waals surface area contributed by atoms with Crippen LogP contribution in [0.1, 0.15) is 40.0 Å². The first kappa shape index (κ1) is 26.4. The number of sulfone groups is 1. The smallest absolute Gasteiger partial charge is 0.335 e. The summed E-state index contributed by atoms with van der Waals surface area (Å²) in [4.78, 5) is 28.2. The van der Waals surface area contributed by atoms with Crippen molar-refractivity contribution in [2.24, 2.45) is 0 Å². The predicted molar refractivity (Wildman–Crippen MR) is 136 cm³/mol. The van der Waals surface area contributed by atoms with Gasteiger partial charge in [0.1, 0.15) is 11.0 Å². The first-order valence-electron chi connectivity index (χ1n) is 11.7. The molecule has 1 saturated heterocycles. The van der Waals surface area contributed by atoms with Gasteiger partial charge in [-0.15, -0.1) is 0 Å². The van der Waals surface area contributed by atoms with Crippen LogP contribution in [0.4, 0.5) is 11.5 Å². The van der Waals surface area contributed by atoms with Crippen LogP contribution in [0.15, 0.2) is 46.2 Å². The van der Waals surface area contributed by atoms with Gasteiger partial charge in [-0.2, -0.15) is 10.4 Å². The van der Waals surface area contributed by atoms with Gasteiger partial charge < -0.3 is 19.8 Å². The maximum atomic E-state index is 12.8. The van der Waals surface area contributed by atoms with E-state index in [0.717, 1.165) is 6.26 Å². The third kappa shape index (κ3) is 5.52. The van der Waals surface area contributed by atoms with E-state index in [0.29, 0.717) is 24.0 Å². The summed E-state index contributed by atoms with van der Waals surface area (Å²) in [5.41, 5.74) is -0.926. The van der Waals surface area contributed by atoms with E-state index in [9.17, 15) is 23.3 Å². The molecule has 0 amide bonds. The van der Waals surface area contributed by atoms with Crippen LogP contribution in [-0.4, -0.2) is 53.7 Å². The van der Waals surface area contributed by atoms with Crippen LogP contribution in [0.5, 0.6) is 0 Å². The molecule has 0 aliphatic carbocycles. The van der Waals surface area contributed by atoms with Gasteiger partial charge in [-0.1, -0.05) is 0 Å². The zero-order valence-electron chi connectivity index (χ0n) is 21.1. The average molecular weight is 528 g/mol. The topological polar surface area (TPSA) is 156 Å². The number of aromatic amines is 1. The lowest BCUT2D eigenvalue weighted by Crippen LogP contribution is -2.47. The highest BCUT2D eigenvalue weighted by Crippen LogP contribution is 2.37. The molecule has 11 nitrogen and oxygen atoms in total. The molecule has 3 heterocycles. The highest BCUT2D eigenvalue weighted by atomic mass is 32.2. The molecule has 12 heteroatoms. The number of nitrogens with one attached hydrogen (secondary N) is 2. The monoisotopic (exact) mass is 527 g/mol. The molecule has 0 spiro atoms. The number of nitrogens with zero attached hydrogens (tertiary/aromatic N) is 3. The summed E-state index contributed by atoms with van der Waals surface area (Å²) < 4.78 is 36.6. The van der Waals surface area contributed by atoms with E-state index in [4.69, 9.17) is 9.47 Å². The molecule has 196 valence electrons. The third-order valence-corrected chi connectivity index (χ3v) is 7.23. The van der Waals surface area contributed by atoms with E-state index < -0.39 is 33.1 Å². The van der Waals surface area contributed by atoms with Crippen LogP contribution in [0.3, 0.4) is 0 Å². The molecule has 3 aromatic rings. The van der Waals surface area contributed by atoms with E-state index in [1.165, 1.54) is 18.3 Å². The Kier molecular flexibility index (Phi) is 6.87. The van der Waals surface area contributed by atoms with Crippen LogP contribution < -0.4 is 10.9 Å². The summed E-state index contributed by atoms with van der Waals surface area (Å²) >= 11 is 0. The Labute approximate surface area is 214 Å². The number of ether oxygens (including phenoxy) is 2. The molecule has 4 rings (SSSR count). The Morgan fingerprint density at radius 2 is 2.03 bits per heavy atom. The first-order valence-corrected chi connectivity index (χ1v) is 13.6. The number of carbonyl (C=O) groups excluding carboxylic acids is 1. The Morgan fingerprint density at radius 3 is 2.59 bits per heavy atom. The van der Waals surface area contributed by atoms with Crippen LogP contribution in [0, 0.1) is 11.3 Å². The molecule has 2 aromatic heterocycles. The summed E-state index contributed by atoms with van der Waals surface area (Å²) in [6, 6.07) is 9.98. The molecule has 0 saturated carbocycles. The Bertz CT molecular complexity index is 1520. The normalized spacial score (nSPS) is 20.4. The molecule has 0 bridgehead atoms. The molecular formula is C25H29N5O6S. The molecule has 1 aromatic carbocycles. The number of H-pyrrole nitrogens is 1.